The van der Waals surface area contributed by atoms with E-state index in [0.717, 1.165) is 10.8 Å². The van der Waals surface area contributed by atoms with Crippen LogP contribution in [0.4, 0.5) is 16.5 Å². The number of carbonyl (C=O) groups excluding carboxylic acids is 1. The summed E-state index contributed by atoms with van der Waals surface area (Å²) in [5, 5.41) is 17.8. The fourth-order valence-corrected chi connectivity index (χ4v) is 3.13. The van der Waals surface area contributed by atoms with Crippen molar-refractivity contribution in [1.82, 2.24) is 4.98 Å². The second-order valence-electron chi connectivity index (χ2n) is 5.91. The predicted molar refractivity (Wildman–Crippen MR) is 108 cm³/mol. The first-order valence-corrected chi connectivity index (χ1v) is 9.42. The number of aromatic nitrogens is 1. The van der Waals surface area contributed by atoms with Crippen LogP contribution in [-0.2, 0) is 11.3 Å². The Balaban J connectivity index is 1.58. The molecule has 1 aromatic heterocycles. The Labute approximate surface area is 161 Å². The van der Waals surface area contributed by atoms with Crippen LogP contribution in [0.25, 0.3) is 0 Å². The number of aliphatic hydroxyl groups is 1. The highest BCUT2D eigenvalue weighted by Gasteiger charge is 2.13. The number of nitrogens with one attached hydrogen (secondary N) is 2. The van der Waals surface area contributed by atoms with Gasteiger partial charge in [0.05, 0.1) is 17.9 Å². The molecule has 0 saturated heterocycles. The molecule has 0 amide bonds. The van der Waals surface area contributed by atoms with Crippen molar-refractivity contribution in [2.45, 2.75) is 13.5 Å². The third-order valence-electron chi connectivity index (χ3n) is 3.78. The summed E-state index contributed by atoms with van der Waals surface area (Å²) in [6.07, 6.45) is 0. The number of benzene rings is 2. The Hall–Kier alpha value is -2.90. The Morgan fingerprint density at radius 2 is 1.96 bits per heavy atom. The molecule has 0 unspecified atom stereocenters. The van der Waals surface area contributed by atoms with Crippen LogP contribution < -0.4 is 10.6 Å². The molecule has 2 aromatic carbocycles. The van der Waals surface area contributed by atoms with Gasteiger partial charge in [-0.15, -0.1) is 11.3 Å². The van der Waals surface area contributed by atoms with Crippen LogP contribution in [0, 0.1) is 6.92 Å². The van der Waals surface area contributed by atoms with E-state index in [4.69, 9.17) is 9.84 Å². The summed E-state index contributed by atoms with van der Waals surface area (Å²) in [5.74, 6) is -0.433. The van der Waals surface area contributed by atoms with Crippen molar-refractivity contribution >= 4 is 33.8 Å². The molecule has 27 heavy (non-hydrogen) atoms. The third kappa shape index (κ3) is 5.29. The van der Waals surface area contributed by atoms with Crippen molar-refractivity contribution < 1.29 is 14.6 Å². The molecule has 0 aliphatic rings. The number of rotatable bonds is 8. The van der Waals surface area contributed by atoms with Gasteiger partial charge in [0.1, 0.15) is 6.61 Å². The van der Waals surface area contributed by atoms with Crippen molar-refractivity contribution in [3.05, 3.63) is 70.7 Å². The molecule has 7 heteroatoms. The van der Waals surface area contributed by atoms with E-state index in [1.165, 1.54) is 16.9 Å². The number of thiazole rings is 1. The summed E-state index contributed by atoms with van der Waals surface area (Å²) in [6.45, 7) is 2.49. The molecule has 0 aliphatic carbocycles. The quantitative estimate of drug-likeness (QED) is 0.511. The molecule has 0 spiro atoms. The molecular weight excluding hydrogens is 362 g/mol. The Kier molecular flexibility index (Phi) is 6.40. The fraction of sp³-hybridized carbons (Fsp3) is 0.200. The standard InChI is InChI=1S/C20H21N3O3S/c1-14-6-8-15(9-7-14)22-20-23-16(13-27-20)12-26-19(25)17-4-2-3-5-18(17)21-10-11-24/h2-9,13,21,24H,10-12H2,1H3,(H,22,23). The number of aryl methyl sites for hydroxylation is 1. The van der Waals surface area contributed by atoms with Gasteiger partial charge in [0.2, 0.25) is 0 Å². The first-order chi connectivity index (χ1) is 13.2. The second kappa shape index (κ2) is 9.16. The predicted octanol–water partition coefficient (Wildman–Crippen LogP) is 3.96. The van der Waals surface area contributed by atoms with Crippen LogP contribution >= 0.6 is 11.3 Å². The van der Waals surface area contributed by atoms with Gasteiger partial charge in [-0.05, 0) is 31.2 Å². The van der Waals surface area contributed by atoms with E-state index in [2.05, 4.69) is 15.6 Å². The van der Waals surface area contributed by atoms with E-state index in [-0.39, 0.29) is 13.2 Å². The number of esters is 1. The van der Waals surface area contributed by atoms with Gasteiger partial charge in [-0.3, -0.25) is 0 Å². The Bertz CT molecular complexity index is 893. The number of nitrogens with zero attached hydrogens (tertiary/aromatic N) is 1. The lowest BCUT2D eigenvalue weighted by atomic mass is 10.2. The molecule has 0 saturated carbocycles. The minimum absolute atomic E-state index is 0.0149. The topological polar surface area (TPSA) is 83.5 Å². The lowest BCUT2D eigenvalue weighted by molar-refractivity contribution is 0.0469. The maximum absolute atomic E-state index is 12.4. The largest absolute Gasteiger partial charge is 0.455 e. The first kappa shape index (κ1) is 18.9. The van der Waals surface area contributed by atoms with E-state index in [1.54, 1.807) is 18.2 Å². The Morgan fingerprint density at radius 3 is 2.74 bits per heavy atom. The zero-order chi connectivity index (χ0) is 19.1. The minimum Gasteiger partial charge on any atom is -0.455 e. The molecule has 6 nitrogen and oxygen atoms in total. The number of carbonyl (C=O) groups is 1. The van der Waals surface area contributed by atoms with Crippen molar-refractivity contribution in [1.29, 1.82) is 0 Å². The summed E-state index contributed by atoms with van der Waals surface area (Å²) in [5.41, 5.74) is 3.91. The number of ether oxygens (including phenoxy) is 1. The fourth-order valence-electron chi connectivity index (χ4n) is 2.41. The highest BCUT2D eigenvalue weighted by Crippen LogP contribution is 2.22. The van der Waals surface area contributed by atoms with E-state index in [1.807, 2.05) is 42.6 Å². The van der Waals surface area contributed by atoms with Gasteiger partial charge < -0.3 is 20.5 Å². The van der Waals surface area contributed by atoms with Crippen molar-refractivity contribution in [3.63, 3.8) is 0 Å². The van der Waals surface area contributed by atoms with Crippen molar-refractivity contribution in [2.75, 3.05) is 23.8 Å². The Morgan fingerprint density at radius 1 is 1.19 bits per heavy atom. The number of aliphatic hydroxyl groups excluding tert-OH is 1. The highest BCUT2D eigenvalue weighted by atomic mass is 32.1. The van der Waals surface area contributed by atoms with Gasteiger partial charge in [-0.1, -0.05) is 29.8 Å². The summed E-state index contributed by atoms with van der Waals surface area (Å²) < 4.78 is 5.39. The summed E-state index contributed by atoms with van der Waals surface area (Å²) >= 11 is 1.46. The number of anilines is 3. The molecule has 1 heterocycles. The number of hydrogen-bond donors (Lipinski definition) is 3. The van der Waals surface area contributed by atoms with Gasteiger partial charge in [0.25, 0.3) is 0 Å². The molecule has 3 rings (SSSR count). The molecule has 0 radical (unpaired) electrons. The van der Waals surface area contributed by atoms with Crippen molar-refractivity contribution in [2.24, 2.45) is 0 Å². The van der Waals surface area contributed by atoms with Gasteiger partial charge in [-0.2, -0.15) is 0 Å². The van der Waals surface area contributed by atoms with Gasteiger partial charge in [-0.25, -0.2) is 9.78 Å². The minimum atomic E-state index is -0.433. The van der Waals surface area contributed by atoms with Crippen LogP contribution in [0.3, 0.4) is 0 Å². The van der Waals surface area contributed by atoms with E-state index in [0.29, 0.717) is 23.5 Å². The van der Waals surface area contributed by atoms with Crippen molar-refractivity contribution in [3.8, 4) is 0 Å². The monoisotopic (exact) mass is 383 g/mol. The lowest BCUT2D eigenvalue weighted by Crippen LogP contribution is -2.12. The maximum Gasteiger partial charge on any atom is 0.340 e. The van der Waals surface area contributed by atoms with Crippen LogP contribution in [0.1, 0.15) is 21.6 Å². The van der Waals surface area contributed by atoms with Gasteiger partial charge >= 0.3 is 5.97 Å². The zero-order valence-electron chi connectivity index (χ0n) is 14.9. The smallest absolute Gasteiger partial charge is 0.340 e. The maximum atomic E-state index is 12.4. The molecule has 3 N–H and O–H groups in total. The van der Waals surface area contributed by atoms with Gasteiger partial charge in [0.15, 0.2) is 5.13 Å². The first-order valence-electron chi connectivity index (χ1n) is 8.54. The van der Waals surface area contributed by atoms with E-state index in [9.17, 15) is 4.79 Å². The molecule has 140 valence electrons. The SMILES string of the molecule is Cc1ccc(Nc2nc(COC(=O)c3ccccc3NCCO)cs2)cc1. The number of para-hydroxylation sites is 1. The molecule has 0 atom stereocenters. The van der Waals surface area contributed by atoms with Gasteiger partial charge in [0, 0.05) is 23.3 Å². The third-order valence-corrected chi connectivity index (χ3v) is 4.59. The summed E-state index contributed by atoms with van der Waals surface area (Å²) in [6, 6.07) is 15.1. The van der Waals surface area contributed by atoms with E-state index >= 15 is 0 Å². The lowest BCUT2D eigenvalue weighted by Gasteiger charge is -2.10. The van der Waals surface area contributed by atoms with Crippen LogP contribution in [0.15, 0.2) is 53.9 Å². The number of hydrogen-bond acceptors (Lipinski definition) is 7. The molecule has 0 aliphatic heterocycles. The van der Waals surface area contributed by atoms with E-state index < -0.39 is 5.97 Å². The average molecular weight is 383 g/mol. The normalized spacial score (nSPS) is 10.4. The zero-order valence-corrected chi connectivity index (χ0v) is 15.8. The van der Waals surface area contributed by atoms with Crippen LogP contribution in [-0.4, -0.2) is 29.2 Å². The van der Waals surface area contributed by atoms with Crippen LogP contribution in [0.2, 0.25) is 0 Å². The average Bonchev–Trinajstić information content (AvgIpc) is 3.14. The highest BCUT2D eigenvalue weighted by molar-refractivity contribution is 7.13. The summed E-state index contributed by atoms with van der Waals surface area (Å²) in [7, 11) is 0. The molecule has 3 aromatic rings. The molecular formula is C20H21N3O3S. The molecule has 0 fully saturated rings. The van der Waals surface area contributed by atoms with Crippen LogP contribution in [0.5, 0.6) is 0 Å². The molecule has 0 bridgehead atoms. The summed E-state index contributed by atoms with van der Waals surface area (Å²) in [4.78, 5) is 16.8. The second-order valence-corrected chi connectivity index (χ2v) is 6.77.